The lowest BCUT2D eigenvalue weighted by atomic mass is 10.2. The molecule has 1 atom stereocenters. The van der Waals surface area contributed by atoms with Crippen molar-refractivity contribution in [2.24, 2.45) is 0 Å². The van der Waals surface area contributed by atoms with E-state index in [1.54, 1.807) is 35.9 Å². The molecule has 1 unspecified atom stereocenters. The number of methoxy groups -OCH3 is 1. The zero-order valence-electron chi connectivity index (χ0n) is 20.3. The standard InChI is InChI=1S/C25H32N4O4S2/c1-4-17(2)26-22(31)16-35-25-28-20-13-15-34-23(20)24(32)29(25)14-7-5-6-8-21(30)27-18-9-11-19(33-3)12-10-18/h9-13,15,17H,4-8,14,16H2,1-3H3,(H,26,31)(H,27,30). The third-order valence-electron chi connectivity index (χ3n) is 5.54. The maximum Gasteiger partial charge on any atom is 0.272 e. The number of nitrogens with zero attached hydrogens (tertiary/aromatic N) is 2. The first kappa shape index (κ1) is 26.7. The minimum atomic E-state index is -0.0768. The van der Waals surface area contributed by atoms with E-state index in [1.807, 2.05) is 25.3 Å². The molecule has 35 heavy (non-hydrogen) atoms. The Balaban J connectivity index is 1.53. The largest absolute Gasteiger partial charge is 0.497 e. The van der Waals surface area contributed by atoms with Crippen molar-refractivity contribution >= 4 is 50.8 Å². The molecule has 0 aliphatic heterocycles. The summed E-state index contributed by atoms with van der Waals surface area (Å²) in [6.07, 6.45) is 3.51. The molecule has 8 nitrogen and oxygen atoms in total. The molecule has 0 spiro atoms. The summed E-state index contributed by atoms with van der Waals surface area (Å²) in [6, 6.07) is 9.15. The second-order valence-electron chi connectivity index (χ2n) is 8.24. The number of thiophene rings is 1. The number of carbonyl (C=O) groups is 2. The van der Waals surface area contributed by atoms with Gasteiger partial charge >= 0.3 is 0 Å². The number of hydrogen-bond acceptors (Lipinski definition) is 7. The Morgan fingerprint density at radius 2 is 1.91 bits per heavy atom. The summed E-state index contributed by atoms with van der Waals surface area (Å²) in [5.41, 5.74) is 1.32. The Morgan fingerprint density at radius 1 is 1.14 bits per heavy atom. The fraction of sp³-hybridized carbons (Fsp3) is 0.440. The number of thioether (sulfide) groups is 1. The van der Waals surface area contributed by atoms with Crippen LogP contribution in [0.2, 0.25) is 0 Å². The first-order chi connectivity index (χ1) is 16.9. The number of ether oxygens (including phenoxy) is 1. The highest BCUT2D eigenvalue weighted by Crippen LogP contribution is 2.22. The van der Waals surface area contributed by atoms with Gasteiger partial charge in [0.05, 0.1) is 18.4 Å². The molecule has 3 aromatic rings. The number of unbranched alkanes of at least 4 members (excludes halogenated alkanes) is 2. The summed E-state index contributed by atoms with van der Waals surface area (Å²) < 4.78 is 7.41. The zero-order valence-corrected chi connectivity index (χ0v) is 22.0. The van der Waals surface area contributed by atoms with E-state index in [2.05, 4.69) is 15.6 Å². The van der Waals surface area contributed by atoms with Gasteiger partial charge in [0.2, 0.25) is 11.8 Å². The molecule has 0 saturated carbocycles. The van der Waals surface area contributed by atoms with Crippen LogP contribution in [0.5, 0.6) is 5.75 Å². The second-order valence-corrected chi connectivity index (χ2v) is 10.1. The summed E-state index contributed by atoms with van der Waals surface area (Å²) in [6.45, 7) is 4.48. The van der Waals surface area contributed by atoms with E-state index >= 15 is 0 Å². The van der Waals surface area contributed by atoms with Gasteiger partial charge in [0, 0.05) is 24.7 Å². The molecule has 10 heteroatoms. The number of benzene rings is 1. The van der Waals surface area contributed by atoms with Gasteiger partial charge in [-0.1, -0.05) is 25.1 Å². The Labute approximate surface area is 213 Å². The number of hydrogen-bond donors (Lipinski definition) is 2. The molecule has 2 N–H and O–H groups in total. The summed E-state index contributed by atoms with van der Waals surface area (Å²) in [4.78, 5) is 42.1. The second kappa shape index (κ2) is 13.3. The van der Waals surface area contributed by atoms with Gasteiger partial charge in [-0.15, -0.1) is 11.3 Å². The van der Waals surface area contributed by atoms with Crippen molar-refractivity contribution in [3.8, 4) is 5.75 Å². The zero-order chi connectivity index (χ0) is 25.2. The number of nitrogens with one attached hydrogen (secondary N) is 2. The Kier molecular flexibility index (Phi) is 10.2. The van der Waals surface area contributed by atoms with Crippen LogP contribution in [0.25, 0.3) is 10.2 Å². The quantitative estimate of drug-likeness (QED) is 0.194. The van der Waals surface area contributed by atoms with Crippen LogP contribution in [0.3, 0.4) is 0 Å². The van der Waals surface area contributed by atoms with Gasteiger partial charge in [0.25, 0.3) is 5.56 Å². The van der Waals surface area contributed by atoms with E-state index < -0.39 is 0 Å². The fourth-order valence-corrected chi connectivity index (χ4v) is 5.02. The lowest BCUT2D eigenvalue weighted by Crippen LogP contribution is -2.33. The summed E-state index contributed by atoms with van der Waals surface area (Å²) in [5.74, 6) is 0.830. The monoisotopic (exact) mass is 516 g/mol. The molecule has 1 aromatic carbocycles. The smallest absolute Gasteiger partial charge is 0.272 e. The van der Waals surface area contributed by atoms with Crippen LogP contribution in [0, 0.1) is 0 Å². The van der Waals surface area contributed by atoms with Gasteiger partial charge in [-0.25, -0.2) is 4.98 Å². The van der Waals surface area contributed by atoms with Crippen molar-refractivity contribution in [3.05, 3.63) is 46.1 Å². The average molecular weight is 517 g/mol. The molecule has 0 radical (unpaired) electrons. The van der Waals surface area contributed by atoms with Crippen molar-refractivity contribution in [1.29, 1.82) is 0 Å². The van der Waals surface area contributed by atoms with Crippen molar-refractivity contribution in [2.75, 3.05) is 18.2 Å². The third-order valence-corrected chi connectivity index (χ3v) is 7.41. The van der Waals surface area contributed by atoms with Gasteiger partial charge in [-0.2, -0.15) is 0 Å². The van der Waals surface area contributed by atoms with Gasteiger partial charge in [-0.05, 0) is 61.9 Å². The van der Waals surface area contributed by atoms with E-state index in [4.69, 9.17) is 4.74 Å². The first-order valence-electron chi connectivity index (χ1n) is 11.7. The van der Waals surface area contributed by atoms with E-state index in [1.165, 1.54) is 23.1 Å². The summed E-state index contributed by atoms with van der Waals surface area (Å²) >= 11 is 2.66. The highest BCUT2D eigenvalue weighted by Gasteiger charge is 2.15. The van der Waals surface area contributed by atoms with Crippen LogP contribution in [-0.2, 0) is 16.1 Å². The summed E-state index contributed by atoms with van der Waals surface area (Å²) in [7, 11) is 1.60. The van der Waals surface area contributed by atoms with Gasteiger partial charge in [0.15, 0.2) is 5.16 Å². The van der Waals surface area contributed by atoms with Gasteiger partial charge < -0.3 is 15.4 Å². The maximum absolute atomic E-state index is 13.0. The lowest BCUT2D eigenvalue weighted by molar-refractivity contribution is -0.119. The van der Waals surface area contributed by atoms with E-state index in [-0.39, 0.29) is 29.2 Å². The average Bonchev–Trinajstić information content (AvgIpc) is 3.33. The van der Waals surface area contributed by atoms with Gasteiger partial charge in [0.1, 0.15) is 10.4 Å². The number of fused-ring (bicyclic) bond motifs is 1. The van der Waals surface area contributed by atoms with Crippen molar-refractivity contribution < 1.29 is 14.3 Å². The Morgan fingerprint density at radius 3 is 2.63 bits per heavy atom. The van der Waals surface area contributed by atoms with Crippen LogP contribution in [0.4, 0.5) is 5.69 Å². The normalized spacial score (nSPS) is 11.9. The molecule has 0 fully saturated rings. The van der Waals surface area contributed by atoms with Crippen molar-refractivity contribution in [3.63, 3.8) is 0 Å². The van der Waals surface area contributed by atoms with E-state index in [0.717, 1.165) is 30.7 Å². The SMILES string of the molecule is CCC(C)NC(=O)CSc1nc2ccsc2c(=O)n1CCCCCC(=O)Nc1ccc(OC)cc1. The predicted octanol–water partition coefficient (Wildman–Crippen LogP) is 4.67. The molecular weight excluding hydrogens is 484 g/mol. The lowest BCUT2D eigenvalue weighted by Gasteiger charge is -2.13. The number of anilines is 1. The topological polar surface area (TPSA) is 102 Å². The number of carbonyl (C=O) groups excluding carboxylic acids is 2. The molecule has 2 aromatic heterocycles. The minimum absolute atomic E-state index is 0.0439. The van der Waals surface area contributed by atoms with E-state index in [0.29, 0.717) is 34.8 Å². The molecule has 2 amide bonds. The number of rotatable bonds is 13. The first-order valence-corrected chi connectivity index (χ1v) is 13.6. The maximum atomic E-state index is 13.0. The van der Waals surface area contributed by atoms with Crippen LogP contribution in [0.1, 0.15) is 46.0 Å². The van der Waals surface area contributed by atoms with Gasteiger partial charge in [-0.3, -0.25) is 19.0 Å². The van der Waals surface area contributed by atoms with Crippen LogP contribution < -0.4 is 20.9 Å². The fourth-order valence-electron chi connectivity index (χ4n) is 3.41. The van der Waals surface area contributed by atoms with Crippen molar-refractivity contribution in [2.45, 2.75) is 63.7 Å². The van der Waals surface area contributed by atoms with Crippen LogP contribution in [-0.4, -0.2) is 40.3 Å². The molecule has 0 saturated heterocycles. The minimum Gasteiger partial charge on any atom is -0.497 e. The highest BCUT2D eigenvalue weighted by molar-refractivity contribution is 7.99. The Hall–Kier alpha value is -2.85. The molecule has 0 bridgehead atoms. The highest BCUT2D eigenvalue weighted by atomic mass is 32.2. The van der Waals surface area contributed by atoms with Crippen LogP contribution >= 0.6 is 23.1 Å². The number of aromatic nitrogens is 2. The molecule has 188 valence electrons. The Bertz CT molecular complexity index is 1190. The molecule has 0 aliphatic rings. The number of amides is 2. The summed E-state index contributed by atoms with van der Waals surface area (Å²) in [5, 5.41) is 8.23. The van der Waals surface area contributed by atoms with E-state index in [9.17, 15) is 14.4 Å². The molecule has 2 heterocycles. The van der Waals surface area contributed by atoms with Crippen LogP contribution in [0.15, 0.2) is 45.7 Å². The molecule has 0 aliphatic carbocycles. The molecule has 3 rings (SSSR count). The predicted molar refractivity (Wildman–Crippen MR) is 143 cm³/mol. The molecular formula is C25H32N4O4S2. The van der Waals surface area contributed by atoms with Crippen molar-refractivity contribution in [1.82, 2.24) is 14.9 Å². The third kappa shape index (κ3) is 7.83.